The fraction of sp³-hybridized carbons (Fsp3) is 0.364. The first-order chi connectivity index (χ1) is 8.78. The average Bonchev–Trinajstić information content (AvgIpc) is 2.32. The van der Waals surface area contributed by atoms with Crippen molar-refractivity contribution >= 4 is 43.5 Å². The molecule has 0 aliphatic rings. The fourth-order valence-corrected chi connectivity index (χ4v) is 3.58. The van der Waals surface area contributed by atoms with Crippen LogP contribution in [-0.4, -0.2) is 36.9 Å². The largest absolute Gasteiger partial charge is 0.481 e. The van der Waals surface area contributed by atoms with Crippen LogP contribution in [0.25, 0.3) is 0 Å². The second-order valence-electron chi connectivity index (χ2n) is 3.72. The highest BCUT2D eigenvalue weighted by atomic mass is 79.9. The zero-order valence-corrected chi connectivity index (χ0v) is 13.3. The quantitative estimate of drug-likeness (QED) is 0.835. The van der Waals surface area contributed by atoms with Crippen molar-refractivity contribution in [2.24, 2.45) is 0 Å². The van der Waals surface area contributed by atoms with Crippen LogP contribution >= 0.6 is 27.5 Å². The smallest absolute Gasteiger partial charge is 0.304 e. The Labute approximate surface area is 125 Å². The van der Waals surface area contributed by atoms with Gasteiger partial charge in [0.2, 0.25) is 10.0 Å². The number of aliphatic carboxylic acids is 1. The minimum absolute atomic E-state index is 0.0611. The molecule has 0 heterocycles. The zero-order chi connectivity index (χ0) is 14.6. The molecule has 0 radical (unpaired) electrons. The number of rotatable bonds is 6. The minimum atomic E-state index is -3.70. The minimum Gasteiger partial charge on any atom is -0.481 e. The molecule has 19 heavy (non-hydrogen) atoms. The van der Waals surface area contributed by atoms with Gasteiger partial charge in [-0.15, -0.1) is 0 Å². The maximum Gasteiger partial charge on any atom is 0.304 e. The summed E-state index contributed by atoms with van der Waals surface area (Å²) in [7, 11) is -3.70. The molecule has 0 saturated heterocycles. The van der Waals surface area contributed by atoms with Crippen molar-refractivity contribution in [1.82, 2.24) is 4.31 Å². The summed E-state index contributed by atoms with van der Waals surface area (Å²) in [4.78, 5) is 10.6. The normalized spacial score (nSPS) is 11.8. The summed E-state index contributed by atoms with van der Waals surface area (Å²) >= 11 is 8.98. The number of benzene rings is 1. The summed E-state index contributed by atoms with van der Waals surface area (Å²) in [5.41, 5.74) is 0. The lowest BCUT2D eigenvalue weighted by Gasteiger charge is -2.19. The van der Waals surface area contributed by atoms with Crippen LogP contribution in [0.5, 0.6) is 0 Å². The Balaban J connectivity index is 3.06. The number of carboxylic acid groups (broad SMARTS) is 1. The predicted molar refractivity (Wildman–Crippen MR) is 75.8 cm³/mol. The molecule has 106 valence electrons. The number of halogens is 2. The van der Waals surface area contributed by atoms with Gasteiger partial charge >= 0.3 is 5.97 Å². The first kappa shape index (κ1) is 16.4. The summed E-state index contributed by atoms with van der Waals surface area (Å²) < 4.78 is 26.2. The monoisotopic (exact) mass is 369 g/mol. The Bertz CT molecular complexity index is 576. The van der Waals surface area contributed by atoms with Gasteiger partial charge in [-0.3, -0.25) is 4.79 Å². The molecule has 0 bridgehead atoms. The van der Waals surface area contributed by atoms with E-state index in [0.29, 0.717) is 9.50 Å². The van der Waals surface area contributed by atoms with E-state index in [1.54, 1.807) is 6.92 Å². The predicted octanol–water partition coefficient (Wildman–Crippen LogP) is 2.59. The van der Waals surface area contributed by atoms with Crippen LogP contribution in [0.3, 0.4) is 0 Å². The second kappa shape index (κ2) is 6.69. The lowest BCUT2D eigenvalue weighted by Crippen LogP contribution is -2.32. The first-order valence-electron chi connectivity index (χ1n) is 5.46. The molecular formula is C11H13BrClNO4S. The average molecular weight is 371 g/mol. The van der Waals surface area contributed by atoms with Gasteiger partial charge in [-0.1, -0.05) is 18.5 Å². The van der Waals surface area contributed by atoms with Gasteiger partial charge in [0.1, 0.15) is 0 Å². The van der Waals surface area contributed by atoms with Crippen LogP contribution in [0.1, 0.15) is 13.3 Å². The molecule has 8 heteroatoms. The number of sulfonamides is 1. The number of hydrogen-bond acceptors (Lipinski definition) is 3. The maximum atomic E-state index is 12.3. The molecule has 0 aromatic heterocycles. The highest BCUT2D eigenvalue weighted by Crippen LogP contribution is 2.26. The molecule has 0 spiro atoms. The van der Waals surface area contributed by atoms with Gasteiger partial charge in [0, 0.05) is 17.6 Å². The van der Waals surface area contributed by atoms with Crippen LogP contribution in [0.4, 0.5) is 0 Å². The lowest BCUT2D eigenvalue weighted by molar-refractivity contribution is -0.137. The van der Waals surface area contributed by atoms with Crippen LogP contribution in [0.2, 0.25) is 5.02 Å². The SMILES string of the molecule is CCN(CCC(=O)O)S(=O)(=O)c1ccc(Cl)c(Br)c1. The van der Waals surface area contributed by atoms with Crippen molar-refractivity contribution in [3.8, 4) is 0 Å². The van der Waals surface area contributed by atoms with Crippen LogP contribution < -0.4 is 0 Å². The number of carboxylic acids is 1. The maximum absolute atomic E-state index is 12.3. The van der Waals surface area contributed by atoms with Crippen molar-refractivity contribution in [3.63, 3.8) is 0 Å². The van der Waals surface area contributed by atoms with Gasteiger partial charge in [0.25, 0.3) is 0 Å². The Hall–Kier alpha value is -0.630. The van der Waals surface area contributed by atoms with Crippen LogP contribution in [0.15, 0.2) is 27.6 Å². The van der Waals surface area contributed by atoms with Gasteiger partial charge in [0.05, 0.1) is 16.3 Å². The van der Waals surface area contributed by atoms with Crippen molar-refractivity contribution in [1.29, 1.82) is 0 Å². The fourth-order valence-electron chi connectivity index (χ4n) is 1.45. The molecule has 1 aromatic rings. The third-order valence-corrected chi connectivity index (χ3v) is 5.64. The van der Waals surface area contributed by atoms with Crippen LogP contribution in [0, 0.1) is 0 Å². The second-order valence-corrected chi connectivity index (χ2v) is 6.92. The number of hydrogen-bond donors (Lipinski definition) is 1. The third kappa shape index (κ3) is 4.17. The van der Waals surface area contributed by atoms with Crippen molar-refractivity contribution in [3.05, 3.63) is 27.7 Å². The molecule has 1 aromatic carbocycles. The number of carbonyl (C=O) groups is 1. The highest BCUT2D eigenvalue weighted by molar-refractivity contribution is 9.10. The molecule has 0 amide bonds. The Morgan fingerprint density at radius 1 is 1.47 bits per heavy atom. The summed E-state index contributed by atoms with van der Waals surface area (Å²) in [6.45, 7) is 1.80. The van der Waals surface area contributed by atoms with Crippen molar-refractivity contribution in [2.75, 3.05) is 13.1 Å². The van der Waals surface area contributed by atoms with Crippen LogP contribution in [-0.2, 0) is 14.8 Å². The van der Waals surface area contributed by atoms with E-state index in [2.05, 4.69) is 15.9 Å². The van der Waals surface area contributed by atoms with Gasteiger partial charge in [-0.25, -0.2) is 8.42 Å². The lowest BCUT2D eigenvalue weighted by atomic mass is 10.4. The summed E-state index contributed by atoms with van der Waals surface area (Å²) in [6, 6.07) is 4.27. The summed E-state index contributed by atoms with van der Waals surface area (Å²) in [5, 5.41) is 9.04. The molecule has 5 nitrogen and oxygen atoms in total. The zero-order valence-electron chi connectivity index (χ0n) is 10.1. The first-order valence-corrected chi connectivity index (χ1v) is 8.07. The summed E-state index contributed by atoms with van der Waals surface area (Å²) in [6.07, 6.45) is -0.234. The molecule has 0 aliphatic carbocycles. The Kier molecular flexibility index (Phi) is 5.79. The topological polar surface area (TPSA) is 74.7 Å². The van der Waals surface area contributed by atoms with E-state index >= 15 is 0 Å². The van der Waals surface area contributed by atoms with Gasteiger partial charge in [-0.2, -0.15) is 4.31 Å². The van der Waals surface area contributed by atoms with E-state index in [-0.39, 0.29) is 24.4 Å². The number of nitrogens with zero attached hydrogens (tertiary/aromatic N) is 1. The highest BCUT2D eigenvalue weighted by Gasteiger charge is 2.24. The third-order valence-electron chi connectivity index (χ3n) is 2.46. The van der Waals surface area contributed by atoms with Gasteiger partial charge < -0.3 is 5.11 Å². The Morgan fingerprint density at radius 2 is 2.11 bits per heavy atom. The van der Waals surface area contributed by atoms with E-state index in [1.165, 1.54) is 18.2 Å². The Morgan fingerprint density at radius 3 is 2.58 bits per heavy atom. The molecule has 1 rings (SSSR count). The van der Waals surface area contributed by atoms with E-state index in [4.69, 9.17) is 16.7 Å². The summed E-state index contributed by atoms with van der Waals surface area (Å²) in [5.74, 6) is -1.04. The molecule has 0 fully saturated rings. The van der Waals surface area contributed by atoms with E-state index < -0.39 is 16.0 Å². The van der Waals surface area contributed by atoms with E-state index in [0.717, 1.165) is 4.31 Å². The van der Waals surface area contributed by atoms with E-state index in [9.17, 15) is 13.2 Å². The van der Waals surface area contributed by atoms with Gasteiger partial charge in [-0.05, 0) is 34.1 Å². The van der Waals surface area contributed by atoms with Gasteiger partial charge in [0.15, 0.2) is 0 Å². The molecule has 0 saturated carbocycles. The molecule has 0 aliphatic heterocycles. The standard InChI is InChI=1S/C11H13BrClNO4S/c1-2-14(6-5-11(15)16)19(17,18)8-3-4-10(13)9(12)7-8/h3-4,7H,2,5-6H2,1H3,(H,15,16). The molecular weight excluding hydrogens is 358 g/mol. The molecule has 0 atom stereocenters. The molecule has 1 N–H and O–H groups in total. The van der Waals surface area contributed by atoms with Crippen molar-refractivity contribution in [2.45, 2.75) is 18.2 Å². The molecule has 0 unspecified atom stereocenters. The van der Waals surface area contributed by atoms with Crippen molar-refractivity contribution < 1.29 is 18.3 Å². The van der Waals surface area contributed by atoms with E-state index in [1.807, 2.05) is 0 Å².